The van der Waals surface area contributed by atoms with Crippen LogP contribution in [-0.4, -0.2) is 20.9 Å². The normalized spacial score (nSPS) is 11.3. The van der Waals surface area contributed by atoms with Gasteiger partial charge in [0.15, 0.2) is 0 Å². The summed E-state index contributed by atoms with van der Waals surface area (Å²) >= 11 is 11.8. The third kappa shape index (κ3) is 4.70. The van der Waals surface area contributed by atoms with E-state index >= 15 is 0 Å². The van der Waals surface area contributed by atoms with Crippen LogP contribution in [0.4, 0.5) is 5.69 Å². The Bertz CT molecular complexity index is 883. The van der Waals surface area contributed by atoms with Crippen LogP contribution in [0.1, 0.15) is 11.1 Å². The van der Waals surface area contributed by atoms with E-state index in [4.69, 9.17) is 23.2 Å². The van der Waals surface area contributed by atoms with Gasteiger partial charge in [-0.3, -0.25) is 4.79 Å². The molecule has 2 aromatic rings. The zero-order valence-electron chi connectivity index (χ0n) is 13.1. The van der Waals surface area contributed by atoms with E-state index in [1.807, 2.05) is 6.92 Å². The molecule has 0 aliphatic heterocycles. The van der Waals surface area contributed by atoms with E-state index in [0.717, 1.165) is 5.56 Å². The van der Waals surface area contributed by atoms with Crippen molar-refractivity contribution in [3.05, 3.63) is 57.6 Å². The lowest BCUT2D eigenvalue weighted by Crippen LogP contribution is -2.33. The fourth-order valence-corrected chi connectivity index (χ4v) is 3.67. The second kappa shape index (κ2) is 7.53. The molecule has 0 heterocycles. The molecule has 0 spiro atoms. The molecule has 0 unspecified atom stereocenters. The molecule has 0 radical (unpaired) electrons. The van der Waals surface area contributed by atoms with E-state index in [9.17, 15) is 13.2 Å². The van der Waals surface area contributed by atoms with E-state index in [-0.39, 0.29) is 4.90 Å². The number of amides is 1. The lowest BCUT2D eigenvalue weighted by molar-refractivity contribution is -0.115. The first-order chi connectivity index (χ1) is 11.2. The van der Waals surface area contributed by atoms with Crippen molar-refractivity contribution in [2.45, 2.75) is 18.7 Å². The van der Waals surface area contributed by atoms with Crippen LogP contribution in [0.3, 0.4) is 0 Å². The summed E-state index contributed by atoms with van der Waals surface area (Å²) < 4.78 is 26.9. The summed E-state index contributed by atoms with van der Waals surface area (Å²) in [4.78, 5) is 12.1. The molecule has 0 saturated carbocycles. The van der Waals surface area contributed by atoms with Crippen LogP contribution in [-0.2, 0) is 14.8 Å². The lowest BCUT2D eigenvalue weighted by atomic mass is 10.2. The number of aryl methyl sites for hydroxylation is 2. The summed E-state index contributed by atoms with van der Waals surface area (Å²) in [6.45, 7) is 3.16. The third-order valence-corrected chi connectivity index (χ3v) is 5.37. The summed E-state index contributed by atoms with van der Waals surface area (Å²) in [6, 6.07) is 9.59. The summed E-state index contributed by atoms with van der Waals surface area (Å²) in [5.74, 6) is -0.549. The molecular weight excluding hydrogens is 371 g/mol. The number of carbonyl (C=O) groups excluding carboxylic acids is 1. The molecule has 0 aromatic heterocycles. The zero-order chi connectivity index (χ0) is 17.9. The van der Waals surface area contributed by atoms with Crippen molar-refractivity contribution < 1.29 is 13.2 Å². The number of nitrogens with one attached hydrogen (secondary N) is 2. The van der Waals surface area contributed by atoms with Gasteiger partial charge in [-0.15, -0.1) is 0 Å². The predicted molar refractivity (Wildman–Crippen MR) is 96.2 cm³/mol. The average molecular weight is 387 g/mol. The molecule has 24 heavy (non-hydrogen) atoms. The Morgan fingerprint density at radius 1 is 1.08 bits per heavy atom. The molecule has 0 fully saturated rings. The van der Waals surface area contributed by atoms with Gasteiger partial charge in [0, 0.05) is 5.02 Å². The van der Waals surface area contributed by atoms with E-state index in [0.29, 0.717) is 21.3 Å². The zero-order valence-corrected chi connectivity index (χ0v) is 15.4. The number of halogens is 2. The van der Waals surface area contributed by atoms with E-state index in [2.05, 4.69) is 10.0 Å². The van der Waals surface area contributed by atoms with Crippen molar-refractivity contribution in [1.82, 2.24) is 4.72 Å². The van der Waals surface area contributed by atoms with E-state index < -0.39 is 22.5 Å². The Morgan fingerprint density at radius 2 is 1.79 bits per heavy atom. The fourth-order valence-electron chi connectivity index (χ4n) is 2.13. The van der Waals surface area contributed by atoms with Gasteiger partial charge in [-0.05, 0) is 43.7 Å². The van der Waals surface area contributed by atoms with Crippen LogP contribution < -0.4 is 10.0 Å². The Hall–Kier alpha value is -1.60. The van der Waals surface area contributed by atoms with E-state index in [1.54, 1.807) is 31.2 Å². The Labute approximate surface area is 151 Å². The number of carbonyl (C=O) groups is 1. The van der Waals surface area contributed by atoms with Crippen molar-refractivity contribution in [1.29, 1.82) is 0 Å². The SMILES string of the molecule is Cc1ccc(S(=O)(=O)NCC(=O)Nc2cc(Cl)ccc2Cl)c(C)c1. The molecule has 0 atom stereocenters. The number of sulfonamides is 1. The minimum absolute atomic E-state index is 0.140. The highest BCUT2D eigenvalue weighted by molar-refractivity contribution is 7.89. The van der Waals surface area contributed by atoms with Crippen molar-refractivity contribution >= 4 is 44.8 Å². The second-order valence-corrected chi connectivity index (χ2v) is 7.84. The van der Waals surface area contributed by atoms with Gasteiger partial charge in [0.2, 0.25) is 15.9 Å². The van der Waals surface area contributed by atoms with Gasteiger partial charge in [-0.1, -0.05) is 40.9 Å². The van der Waals surface area contributed by atoms with Crippen LogP contribution in [0.25, 0.3) is 0 Å². The molecule has 0 aliphatic rings. The number of rotatable bonds is 5. The Balaban J connectivity index is 2.06. The van der Waals surface area contributed by atoms with Gasteiger partial charge in [-0.2, -0.15) is 0 Å². The highest BCUT2D eigenvalue weighted by Crippen LogP contribution is 2.25. The largest absolute Gasteiger partial charge is 0.324 e. The summed E-state index contributed by atoms with van der Waals surface area (Å²) in [6.07, 6.45) is 0. The van der Waals surface area contributed by atoms with Gasteiger partial charge in [0.1, 0.15) is 0 Å². The maximum Gasteiger partial charge on any atom is 0.241 e. The maximum absolute atomic E-state index is 12.3. The molecule has 2 aromatic carbocycles. The molecule has 2 N–H and O–H groups in total. The van der Waals surface area contributed by atoms with Crippen molar-refractivity contribution in [3.8, 4) is 0 Å². The van der Waals surface area contributed by atoms with Gasteiger partial charge < -0.3 is 5.32 Å². The lowest BCUT2D eigenvalue weighted by Gasteiger charge is -2.11. The highest BCUT2D eigenvalue weighted by Gasteiger charge is 2.18. The summed E-state index contributed by atoms with van der Waals surface area (Å²) in [7, 11) is -3.78. The topological polar surface area (TPSA) is 75.3 Å². The Kier molecular flexibility index (Phi) is 5.87. The van der Waals surface area contributed by atoms with E-state index in [1.165, 1.54) is 12.1 Å². The van der Waals surface area contributed by atoms with Gasteiger partial charge in [0.25, 0.3) is 0 Å². The van der Waals surface area contributed by atoms with Crippen LogP contribution in [0.2, 0.25) is 10.0 Å². The third-order valence-electron chi connectivity index (χ3n) is 3.25. The average Bonchev–Trinajstić information content (AvgIpc) is 2.49. The molecule has 0 bridgehead atoms. The van der Waals surface area contributed by atoms with Crippen LogP contribution in [0, 0.1) is 13.8 Å². The molecule has 0 aliphatic carbocycles. The van der Waals surface area contributed by atoms with Gasteiger partial charge in [-0.25, -0.2) is 13.1 Å². The fraction of sp³-hybridized carbons (Fsp3) is 0.188. The molecule has 128 valence electrons. The van der Waals surface area contributed by atoms with Crippen LogP contribution >= 0.6 is 23.2 Å². The molecule has 1 amide bonds. The second-order valence-electron chi connectivity index (χ2n) is 5.27. The number of anilines is 1. The van der Waals surface area contributed by atoms with Crippen LogP contribution in [0.15, 0.2) is 41.3 Å². The number of hydrogen-bond donors (Lipinski definition) is 2. The van der Waals surface area contributed by atoms with Crippen molar-refractivity contribution in [3.63, 3.8) is 0 Å². The first-order valence-corrected chi connectivity index (χ1v) is 9.25. The molecule has 2 rings (SSSR count). The Morgan fingerprint density at radius 3 is 2.46 bits per heavy atom. The minimum atomic E-state index is -3.78. The number of benzene rings is 2. The summed E-state index contributed by atoms with van der Waals surface area (Å²) in [5, 5.41) is 3.23. The molecule has 5 nitrogen and oxygen atoms in total. The van der Waals surface area contributed by atoms with Crippen LogP contribution in [0.5, 0.6) is 0 Å². The summed E-state index contributed by atoms with van der Waals surface area (Å²) in [5.41, 5.74) is 1.89. The molecular formula is C16H16Cl2N2O3S. The number of hydrogen-bond acceptors (Lipinski definition) is 3. The van der Waals surface area contributed by atoms with Gasteiger partial charge in [0.05, 0.1) is 22.2 Å². The maximum atomic E-state index is 12.3. The highest BCUT2D eigenvalue weighted by atomic mass is 35.5. The standard InChI is InChI=1S/C16H16Cl2N2O3S/c1-10-3-6-15(11(2)7-10)24(22,23)19-9-16(21)20-14-8-12(17)4-5-13(14)18/h3-8,19H,9H2,1-2H3,(H,20,21). The molecule has 8 heteroatoms. The van der Waals surface area contributed by atoms with Crippen molar-refractivity contribution in [2.24, 2.45) is 0 Å². The van der Waals surface area contributed by atoms with Crippen molar-refractivity contribution in [2.75, 3.05) is 11.9 Å². The first-order valence-electron chi connectivity index (χ1n) is 7.01. The molecule has 0 saturated heterocycles. The predicted octanol–water partition coefficient (Wildman–Crippen LogP) is 3.53. The monoisotopic (exact) mass is 386 g/mol. The first kappa shape index (κ1) is 18.7. The van der Waals surface area contributed by atoms with Gasteiger partial charge >= 0.3 is 0 Å². The smallest absolute Gasteiger partial charge is 0.241 e. The minimum Gasteiger partial charge on any atom is -0.324 e. The quantitative estimate of drug-likeness (QED) is 0.824.